The summed E-state index contributed by atoms with van der Waals surface area (Å²) in [5.41, 5.74) is 0.459. The van der Waals surface area contributed by atoms with Crippen molar-refractivity contribution in [2.45, 2.75) is 6.92 Å². The first-order chi connectivity index (χ1) is 13.9. The molecule has 0 saturated heterocycles. The molecule has 1 aliphatic heterocycles. The average Bonchev–Trinajstić information content (AvgIpc) is 2.71. The number of carbonyl (C=O) groups is 1. The van der Waals surface area contributed by atoms with E-state index < -0.39 is 0 Å². The second-order valence-electron chi connectivity index (χ2n) is 5.89. The highest BCUT2D eigenvalue weighted by atomic mass is 35.5. The van der Waals surface area contributed by atoms with Gasteiger partial charge in [0, 0.05) is 16.6 Å². The number of hydrogen-bond acceptors (Lipinski definition) is 6. The van der Waals surface area contributed by atoms with E-state index in [-0.39, 0.29) is 11.7 Å². The minimum atomic E-state index is -0.245. The lowest BCUT2D eigenvalue weighted by atomic mass is 10.3. The minimum absolute atomic E-state index is 0.108. The summed E-state index contributed by atoms with van der Waals surface area (Å²) >= 11 is 19.1. The summed E-state index contributed by atoms with van der Waals surface area (Å²) in [6.45, 7) is 3.09. The molecule has 0 aromatic heterocycles. The Morgan fingerprint density at radius 1 is 1.17 bits per heavy atom. The molecule has 152 valence electrons. The lowest BCUT2D eigenvalue weighted by molar-refractivity contribution is -0.113. The average molecular weight is 472 g/mol. The quantitative estimate of drug-likeness (QED) is 0.634. The monoisotopic (exact) mass is 470 g/mol. The van der Waals surface area contributed by atoms with Crippen molar-refractivity contribution in [3.8, 4) is 5.75 Å². The van der Waals surface area contributed by atoms with Gasteiger partial charge in [-0.25, -0.2) is 0 Å². The Labute approximate surface area is 187 Å². The van der Waals surface area contributed by atoms with E-state index in [1.54, 1.807) is 42.5 Å². The van der Waals surface area contributed by atoms with Crippen LogP contribution >= 0.6 is 46.6 Å². The molecule has 2 aromatic carbocycles. The van der Waals surface area contributed by atoms with Gasteiger partial charge in [0.2, 0.25) is 17.0 Å². The standard InChI is InChI=1S/C19H17Cl3N4O2S/c1-2-26-10-18(28-14-6-3-12(20)4-7-14)24-19(25-26)29-11-17(27)23-16-9-13(21)5-8-15(16)22/h3-9H,2,10-11H2,1H3,(H,23,27). The summed E-state index contributed by atoms with van der Waals surface area (Å²) < 4.78 is 5.83. The van der Waals surface area contributed by atoms with E-state index in [1.165, 1.54) is 11.8 Å². The number of amides is 1. The molecule has 0 radical (unpaired) electrons. The van der Waals surface area contributed by atoms with Crippen molar-refractivity contribution in [1.29, 1.82) is 0 Å². The van der Waals surface area contributed by atoms with Crippen LogP contribution in [0.5, 0.6) is 5.75 Å². The van der Waals surface area contributed by atoms with Crippen molar-refractivity contribution in [3.05, 3.63) is 57.5 Å². The van der Waals surface area contributed by atoms with Crippen LogP contribution < -0.4 is 10.1 Å². The van der Waals surface area contributed by atoms with Crippen molar-refractivity contribution in [2.24, 2.45) is 10.1 Å². The Morgan fingerprint density at radius 3 is 2.62 bits per heavy atom. The maximum absolute atomic E-state index is 12.3. The third-order valence-corrected chi connectivity index (χ3v) is 5.37. The maximum atomic E-state index is 12.3. The van der Waals surface area contributed by atoms with Crippen LogP contribution in [0.4, 0.5) is 5.69 Å². The number of thioether (sulfide) groups is 1. The SMILES string of the molecule is CCN1CC(Oc2ccc(Cl)cc2)=NC(SCC(=O)Nc2cc(Cl)ccc2Cl)=N1. The molecule has 0 atom stereocenters. The predicted molar refractivity (Wildman–Crippen MR) is 122 cm³/mol. The van der Waals surface area contributed by atoms with Gasteiger partial charge >= 0.3 is 0 Å². The molecular weight excluding hydrogens is 455 g/mol. The summed E-state index contributed by atoms with van der Waals surface area (Å²) in [7, 11) is 0. The predicted octanol–water partition coefficient (Wildman–Crippen LogP) is 5.40. The normalized spacial score (nSPS) is 13.6. The molecule has 0 bridgehead atoms. The second kappa shape index (κ2) is 10.2. The van der Waals surface area contributed by atoms with E-state index in [0.29, 0.717) is 50.7 Å². The summed E-state index contributed by atoms with van der Waals surface area (Å²) in [4.78, 5) is 16.7. The smallest absolute Gasteiger partial charge is 0.234 e. The molecule has 0 fully saturated rings. The van der Waals surface area contributed by atoms with Crippen LogP contribution in [-0.2, 0) is 4.79 Å². The number of halogens is 3. The molecule has 2 aromatic rings. The Balaban J connectivity index is 1.62. The largest absolute Gasteiger partial charge is 0.441 e. The van der Waals surface area contributed by atoms with Crippen molar-refractivity contribution < 1.29 is 9.53 Å². The molecule has 1 heterocycles. The van der Waals surface area contributed by atoms with Gasteiger partial charge in [0.15, 0.2) is 0 Å². The van der Waals surface area contributed by atoms with E-state index in [0.717, 1.165) is 0 Å². The molecule has 1 aliphatic rings. The molecule has 3 rings (SSSR count). The van der Waals surface area contributed by atoms with Crippen molar-refractivity contribution in [3.63, 3.8) is 0 Å². The Bertz CT molecular complexity index is 951. The number of aliphatic imine (C=N–C) groups is 1. The Kier molecular flexibility index (Phi) is 7.66. The number of ether oxygens (including phenoxy) is 1. The van der Waals surface area contributed by atoms with Crippen LogP contribution in [0.25, 0.3) is 0 Å². The van der Waals surface area contributed by atoms with Gasteiger partial charge in [0.05, 0.1) is 16.5 Å². The van der Waals surface area contributed by atoms with Gasteiger partial charge in [-0.2, -0.15) is 4.99 Å². The van der Waals surface area contributed by atoms with Crippen LogP contribution in [0, 0.1) is 0 Å². The highest BCUT2D eigenvalue weighted by Gasteiger charge is 2.18. The van der Waals surface area contributed by atoms with Crippen molar-refractivity contribution in [2.75, 3.05) is 24.2 Å². The van der Waals surface area contributed by atoms with E-state index in [9.17, 15) is 4.79 Å². The number of carbonyl (C=O) groups excluding carboxylic acids is 1. The van der Waals surface area contributed by atoms with Gasteiger partial charge in [-0.05, 0) is 49.4 Å². The lowest BCUT2D eigenvalue weighted by Gasteiger charge is -2.23. The van der Waals surface area contributed by atoms with Crippen molar-refractivity contribution in [1.82, 2.24) is 5.01 Å². The molecule has 29 heavy (non-hydrogen) atoms. The summed E-state index contributed by atoms with van der Waals surface area (Å²) in [6, 6.07) is 11.9. The number of anilines is 1. The number of hydrazone groups is 1. The molecule has 10 heteroatoms. The first-order valence-electron chi connectivity index (χ1n) is 8.65. The van der Waals surface area contributed by atoms with Crippen molar-refractivity contribution >= 4 is 69.2 Å². The molecule has 0 saturated carbocycles. The van der Waals surface area contributed by atoms with E-state index in [4.69, 9.17) is 39.5 Å². The maximum Gasteiger partial charge on any atom is 0.234 e. The zero-order valence-electron chi connectivity index (χ0n) is 15.4. The number of nitrogens with one attached hydrogen (secondary N) is 1. The molecule has 0 aliphatic carbocycles. The summed E-state index contributed by atoms with van der Waals surface area (Å²) in [5.74, 6) is 0.983. The zero-order valence-corrected chi connectivity index (χ0v) is 18.4. The fourth-order valence-corrected chi connectivity index (χ4v) is 3.46. The first kappa shape index (κ1) is 21.8. The summed E-state index contributed by atoms with van der Waals surface area (Å²) in [5, 5.41) is 10.9. The lowest BCUT2D eigenvalue weighted by Crippen LogP contribution is -2.33. The fourth-order valence-electron chi connectivity index (χ4n) is 2.32. The Morgan fingerprint density at radius 2 is 1.90 bits per heavy atom. The van der Waals surface area contributed by atoms with E-state index in [1.807, 2.05) is 11.9 Å². The number of rotatable bonds is 5. The number of benzene rings is 2. The molecule has 6 nitrogen and oxygen atoms in total. The van der Waals surface area contributed by atoms with Gasteiger partial charge in [0.1, 0.15) is 12.3 Å². The highest BCUT2D eigenvalue weighted by molar-refractivity contribution is 8.14. The fraction of sp³-hybridized carbons (Fsp3) is 0.211. The number of hydrogen-bond donors (Lipinski definition) is 1. The van der Waals surface area contributed by atoms with Crippen LogP contribution in [-0.4, -0.2) is 40.8 Å². The second-order valence-corrected chi connectivity index (χ2v) is 8.11. The van der Waals surface area contributed by atoms with Gasteiger partial charge in [-0.15, -0.1) is 5.10 Å². The topological polar surface area (TPSA) is 66.3 Å². The van der Waals surface area contributed by atoms with Crippen LogP contribution in [0.3, 0.4) is 0 Å². The highest BCUT2D eigenvalue weighted by Crippen LogP contribution is 2.26. The molecular formula is C19H17Cl3N4O2S. The molecule has 1 amide bonds. The van der Waals surface area contributed by atoms with Crippen LogP contribution in [0.1, 0.15) is 6.92 Å². The third kappa shape index (κ3) is 6.54. The third-order valence-electron chi connectivity index (χ3n) is 3.71. The van der Waals surface area contributed by atoms with E-state index in [2.05, 4.69) is 15.4 Å². The molecule has 0 spiro atoms. The number of nitrogens with zero attached hydrogens (tertiary/aromatic N) is 3. The summed E-state index contributed by atoms with van der Waals surface area (Å²) in [6.07, 6.45) is 0. The van der Waals surface area contributed by atoms with Gasteiger partial charge in [0.25, 0.3) is 0 Å². The Hall–Kier alpha value is -1.93. The number of likely N-dealkylation sites (N-methyl/N-ethyl adjacent to an activating group) is 1. The number of amidine groups is 1. The molecule has 0 unspecified atom stereocenters. The van der Waals surface area contributed by atoms with E-state index >= 15 is 0 Å². The van der Waals surface area contributed by atoms with Gasteiger partial charge in [-0.3, -0.25) is 9.80 Å². The zero-order chi connectivity index (χ0) is 20.8. The van der Waals surface area contributed by atoms with Crippen LogP contribution in [0.15, 0.2) is 52.6 Å². The molecule has 1 N–H and O–H groups in total. The van der Waals surface area contributed by atoms with Gasteiger partial charge in [-0.1, -0.05) is 46.6 Å². The van der Waals surface area contributed by atoms with Gasteiger partial charge < -0.3 is 10.1 Å². The minimum Gasteiger partial charge on any atom is -0.441 e. The van der Waals surface area contributed by atoms with Crippen LogP contribution in [0.2, 0.25) is 15.1 Å². The first-order valence-corrected chi connectivity index (χ1v) is 10.8.